The predicted molar refractivity (Wildman–Crippen MR) is 105 cm³/mol. The van der Waals surface area contributed by atoms with Crippen molar-refractivity contribution in [2.24, 2.45) is 5.41 Å². The molecule has 0 saturated heterocycles. The first-order valence-electron chi connectivity index (χ1n) is 9.80. The first-order chi connectivity index (χ1) is 13.1. The van der Waals surface area contributed by atoms with Gasteiger partial charge in [-0.25, -0.2) is 9.78 Å². The van der Waals surface area contributed by atoms with E-state index in [4.69, 9.17) is 9.47 Å². The van der Waals surface area contributed by atoms with E-state index < -0.39 is 35.3 Å². The van der Waals surface area contributed by atoms with Gasteiger partial charge in [0.25, 0.3) is 0 Å². The molecule has 29 heavy (non-hydrogen) atoms. The molecule has 8 heteroatoms. The van der Waals surface area contributed by atoms with E-state index in [0.29, 0.717) is 5.56 Å². The third-order valence-corrected chi connectivity index (χ3v) is 4.48. The summed E-state index contributed by atoms with van der Waals surface area (Å²) in [6.07, 6.45) is -3.09. The SMILES string of the molecule is C[C@H](Oc1cc(NC(C(=O)OC(C)(C)C)C(C)(C)C)ncc1C1CC1)C(F)(F)F. The Morgan fingerprint density at radius 1 is 1.17 bits per heavy atom. The van der Waals surface area contributed by atoms with Crippen molar-refractivity contribution in [3.8, 4) is 5.75 Å². The van der Waals surface area contributed by atoms with Crippen LogP contribution in [0.2, 0.25) is 0 Å². The number of esters is 1. The Morgan fingerprint density at radius 3 is 2.21 bits per heavy atom. The lowest BCUT2D eigenvalue weighted by molar-refractivity contribution is -0.189. The number of pyridine rings is 1. The highest BCUT2D eigenvalue weighted by Crippen LogP contribution is 2.45. The number of aromatic nitrogens is 1. The molecule has 1 fully saturated rings. The van der Waals surface area contributed by atoms with Crippen molar-refractivity contribution in [2.75, 3.05) is 5.32 Å². The van der Waals surface area contributed by atoms with Gasteiger partial charge in [0.1, 0.15) is 23.2 Å². The van der Waals surface area contributed by atoms with Crippen molar-refractivity contribution in [2.45, 2.75) is 91.1 Å². The van der Waals surface area contributed by atoms with E-state index in [9.17, 15) is 18.0 Å². The summed E-state index contributed by atoms with van der Waals surface area (Å²) in [7, 11) is 0. The van der Waals surface area contributed by atoms with Crippen LogP contribution in [0.25, 0.3) is 0 Å². The van der Waals surface area contributed by atoms with Gasteiger partial charge >= 0.3 is 12.1 Å². The molecule has 0 bridgehead atoms. The van der Waals surface area contributed by atoms with Crippen molar-refractivity contribution < 1.29 is 27.4 Å². The minimum Gasteiger partial charge on any atom is -0.481 e. The number of hydrogen-bond acceptors (Lipinski definition) is 5. The average Bonchev–Trinajstić information content (AvgIpc) is 3.33. The molecule has 1 aliphatic rings. The van der Waals surface area contributed by atoms with E-state index in [2.05, 4.69) is 10.3 Å². The number of carbonyl (C=O) groups is 1. The van der Waals surface area contributed by atoms with E-state index in [1.54, 1.807) is 20.8 Å². The maximum atomic E-state index is 13.0. The number of rotatable bonds is 6. The third-order valence-electron chi connectivity index (χ3n) is 4.48. The number of carbonyl (C=O) groups excluding carboxylic acids is 1. The predicted octanol–water partition coefficient (Wildman–Crippen LogP) is 5.46. The van der Waals surface area contributed by atoms with Crippen LogP contribution in [0.1, 0.15) is 72.8 Å². The molecule has 0 radical (unpaired) electrons. The summed E-state index contributed by atoms with van der Waals surface area (Å²) in [5.41, 5.74) is -0.516. The van der Waals surface area contributed by atoms with E-state index >= 15 is 0 Å². The normalized spacial score (nSPS) is 17.4. The molecule has 1 aromatic rings. The van der Waals surface area contributed by atoms with Crippen molar-refractivity contribution >= 4 is 11.8 Å². The van der Waals surface area contributed by atoms with E-state index in [0.717, 1.165) is 19.8 Å². The fourth-order valence-corrected chi connectivity index (χ4v) is 2.72. The van der Waals surface area contributed by atoms with Crippen molar-refractivity contribution in [3.63, 3.8) is 0 Å². The maximum absolute atomic E-state index is 13.0. The van der Waals surface area contributed by atoms with Gasteiger partial charge in [-0.1, -0.05) is 20.8 Å². The fraction of sp³-hybridized carbons (Fsp3) is 0.714. The number of nitrogens with one attached hydrogen (secondary N) is 1. The number of hydrogen-bond donors (Lipinski definition) is 1. The van der Waals surface area contributed by atoms with Gasteiger partial charge in [0.2, 0.25) is 0 Å². The summed E-state index contributed by atoms with van der Waals surface area (Å²) in [6, 6.07) is 0.702. The Bertz CT molecular complexity index is 732. The molecule has 2 rings (SSSR count). The van der Waals surface area contributed by atoms with Gasteiger partial charge in [-0.3, -0.25) is 0 Å². The molecule has 0 amide bonds. The average molecular weight is 416 g/mol. The van der Waals surface area contributed by atoms with Gasteiger partial charge in [0, 0.05) is 17.8 Å². The highest BCUT2D eigenvalue weighted by atomic mass is 19.4. The number of nitrogens with zero attached hydrogens (tertiary/aromatic N) is 1. The summed E-state index contributed by atoms with van der Waals surface area (Å²) in [5.74, 6) is 0.122. The van der Waals surface area contributed by atoms with Crippen molar-refractivity contribution in [1.29, 1.82) is 0 Å². The Hall–Kier alpha value is -1.99. The molecule has 164 valence electrons. The lowest BCUT2D eigenvalue weighted by atomic mass is 9.86. The van der Waals surface area contributed by atoms with Crippen LogP contribution in [0.4, 0.5) is 19.0 Å². The van der Waals surface area contributed by atoms with Crippen LogP contribution in [-0.4, -0.2) is 34.9 Å². The van der Waals surface area contributed by atoms with E-state index in [1.807, 2.05) is 20.8 Å². The largest absolute Gasteiger partial charge is 0.481 e. The maximum Gasteiger partial charge on any atom is 0.425 e. The second-order valence-corrected chi connectivity index (χ2v) is 9.66. The van der Waals surface area contributed by atoms with Crippen LogP contribution in [0.15, 0.2) is 12.3 Å². The van der Waals surface area contributed by atoms with Gasteiger partial charge in [-0.05, 0) is 51.9 Å². The molecule has 1 heterocycles. The minimum atomic E-state index is -4.47. The Labute approximate surface area is 170 Å². The first-order valence-corrected chi connectivity index (χ1v) is 9.80. The van der Waals surface area contributed by atoms with E-state index in [1.165, 1.54) is 12.3 Å². The Balaban J connectivity index is 2.30. The van der Waals surface area contributed by atoms with Crippen molar-refractivity contribution in [1.82, 2.24) is 4.98 Å². The van der Waals surface area contributed by atoms with Crippen molar-refractivity contribution in [3.05, 3.63) is 17.8 Å². The van der Waals surface area contributed by atoms with Crippen LogP contribution in [0, 0.1) is 5.41 Å². The molecule has 1 aliphatic carbocycles. The Morgan fingerprint density at radius 2 is 1.76 bits per heavy atom. The molecule has 1 saturated carbocycles. The number of anilines is 1. The minimum absolute atomic E-state index is 0.145. The van der Waals surface area contributed by atoms with Crippen LogP contribution >= 0.6 is 0 Å². The molecule has 2 atom stereocenters. The molecular weight excluding hydrogens is 385 g/mol. The highest BCUT2D eigenvalue weighted by molar-refractivity contribution is 5.80. The topological polar surface area (TPSA) is 60.5 Å². The lowest BCUT2D eigenvalue weighted by Crippen LogP contribution is -2.45. The summed E-state index contributed by atoms with van der Waals surface area (Å²) < 4.78 is 49.7. The number of alkyl halides is 3. The molecule has 0 spiro atoms. The quantitative estimate of drug-likeness (QED) is 0.624. The molecule has 1 N–H and O–H groups in total. The monoisotopic (exact) mass is 416 g/mol. The highest BCUT2D eigenvalue weighted by Gasteiger charge is 2.40. The summed E-state index contributed by atoms with van der Waals surface area (Å²) in [5, 5.41) is 3.03. The number of ether oxygens (including phenoxy) is 2. The van der Waals surface area contributed by atoms with Gasteiger partial charge < -0.3 is 14.8 Å². The first kappa shape index (κ1) is 23.3. The molecule has 0 aromatic carbocycles. The van der Waals surface area contributed by atoms with Crippen LogP contribution < -0.4 is 10.1 Å². The number of halogens is 3. The van der Waals surface area contributed by atoms with Gasteiger partial charge in [-0.15, -0.1) is 0 Å². The molecule has 1 unspecified atom stereocenters. The summed E-state index contributed by atoms with van der Waals surface area (Å²) in [6.45, 7) is 11.9. The van der Waals surface area contributed by atoms with Gasteiger partial charge in [0.15, 0.2) is 6.10 Å². The second kappa shape index (κ2) is 8.03. The molecular formula is C21H31F3N2O3. The second-order valence-electron chi connectivity index (χ2n) is 9.66. The van der Waals surface area contributed by atoms with Gasteiger partial charge in [0.05, 0.1) is 0 Å². The van der Waals surface area contributed by atoms with Crippen LogP contribution in [-0.2, 0) is 9.53 Å². The standard InChI is InChI=1S/C21H31F3N2O3/c1-12(21(22,23)24)28-15-10-16(25-11-14(15)13-8-9-13)26-17(19(2,3)4)18(27)29-20(5,6)7/h10-13,17H,8-9H2,1-7H3,(H,25,26)/t12-,17?/m0/s1. The summed E-state index contributed by atoms with van der Waals surface area (Å²) in [4.78, 5) is 17.0. The lowest BCUT2D eigenvalue weighted by Gasteiger charge is -2.32. The molecule has 5 nitrogen and oxygen atoms in total. The molecule has 1 aromatic heterocycles. The van der Waals surface area contributed by atoms with Crippen LogP contribution in [0.5, 0.6) is 5.75 Å². The zero-order chi connectivity index (χ0) is 22.2. The zero-order valence-corrected chi connectivity index (χ0v) is 18.1. The smallest absolute Gasteiger partial charge is 0.425 e. The van der Waals surface area contributed by atoms with Gasteiger partial charge in [-0.2, -0.15) is 13.2 Å². The fourth-order valence-electron chi connectivity index (χ4n) is 2.72. The van der Waals surface area contributed by atoms with E-state index in [-0.39, 0.29) is 17.5 Å². The zero-order valence-electron chi connectivity index (χ0n) is 18.1. The third kappa shape index (κ3) is 6.78. The summed E-state index contributed by atoms with van der Waals surface area (Å²) >= 11 is 0. The van der Waals surface area contributed by atoms with Crippen LogP contribution in [0.3, 0.4) is 0 Å². The Kier molecular flexibility index (Phi) is 6.45. The molecule has 0 aliphatic heterocycles.